The Labute approximate surface area is 101 Å². The molecule has 0 fully saturated rings. The van der Waals surface area contributed by atoms with Crippen LogP contribution in [0.5, 0.6) is 5.75 Å². The fraction of sp³-hybridized carbons (Fsp3) is 0.400. The highest BCUT2D eigenvalue weighted by Gasteiger charge is 2.14. The van der Waals surface area contributed by atoms with Crippen molar-refractivity contribution in [3.05, 3.63) is 23.8 Å². The lowest BCUT2D eigenvalue weighted by Crippen LogP contribution is -2.30. The topological polar surface area (TPSA) is 93.5 Å². The number of ether oxygens (including phenoxy) is 1. The lowest BCUT2D eigenvalue weighted by atomic mass is 10.1. The first-order valence-electron chi connectivity index (χ1n) is 5.17. The normalized spacial score (nSPS) is 11.2. The van der Waals surface area contributed by atoms with Crippen molar-refractivity contribution in [2.45, 2.75) is 13.5 Å². The van der Waals surface area contributed by atoms with E-state index >= 15 is 0 Å². The second kappa shape index (κ2) is 5.85. The van der Waals surface area contributed by atoms with E-state index in [0.717, 1.165) is 0 Å². The van der Waals surface area contributed by atoms with Crippen LogP contribution in [0.2, 0.25) is 0 Å². The smallest absolute Gasteiger partial charge is 0.299 e. The number of rotatable bonds is 6. The van der Waals surface area contributed by atoms with Crippen molar-refractivity contribution in [2.75, 3.05) is 18.4 Å². The van der Waals surface area contributed by atoms with Gasteiger partial charge in [0.1, 0.15) is 5.75 Å². The van der Waals surface area contributed by atoms with Gasteiger partial charge in [-0.2, -0.15) is 13.1 Å². The van der Waals surface area contributed by atoms with Crippen LogP contribution in [0.4, 0.5) is 5.69 Å². The van der Waals surface area contributed by atoms with Crippen LogP contribution in [-0.2, 0) is 16.8 Å². The zero-order chi connectivity index (χ0) is 12.9. The number of benzene rings is 1. The van der Waals surface area contributed by atoms with Crippen molar-refractivity contribution in [3.8, 4) is 5.75 Å². The van der Waals surface area contributed by atoms with Crippen LogP contribution in [0.1, 0.15) is 12.5 Å². The summed E-state index contributed by atoms with van der Waals surface area (Å²) in [6.07, 6.45) is 0. The van der Waals surface area contributed by atoms with E-state index in [1.54, 1.807) is 25.1 Å². The highest BCUT2D eigenvalue weighted by atomic mass is 32.2. The quantitative estimate of drug-likeness (QED) is 0.690. The molecule has 0 bridgehead atoms. The standard InChI is InChI=1S/C10H17N3O3S/c1-3-12-17(14,15)13-10-8(7-11)5-4-6-9(10)16-2/h4-6,12-13H,3,7,11H2,1-2H3. The maximum atomic E-state index is 11.6. The molecule has 0 spiro atoms. The maximum absolute atomic E-state index is 11.6. The summed E-state index contributed by atoms with van der Waals surface area (Å²) in [7, 11) is -2.11. The molecule has 0 saturated heterocycles. The second-order valence-corrected chi connectivity index (χ2v) is 4.80. The molecule has 1 aromatic rings. The van der Waals surface area contributed by atoms with Crippen molar-refractivity contribution in [3.63, 3.8) is 0 Å². The molecule has 7 heteroatoms. The van der Waals surface area contributed by atoms with Gasteiger partial charge < -0.3 is 10.5 Å². The number of hydrogen-bond donors (Lipinski definition) is 3. The molecule has 1 rings (SSSR count). The van der Waals surface area contributed by atoms with Crippen LogP contribution in [0.3, 0.4) is 0 Å². The first-order chi connectivity index (χ1) is 8.04. The molecule has 0 aromatic heterocycles. The molecule has 0 saturated carbocycles. The lowest BCUT2D eigenvalue weighted by molar-refractivity contribution is 0.416. The molecule has 0 aliphatic rings. The molecule has 0 amide bonds. The van der Waals surface area contributed by atoms with Gasteiger partial charge in [-0.25, -0.2) is 0 Å². The van der Waals surface area contributed by atoms with Gasteiger partial charge in [0, 0.05) is 13.1 Å². The third-order valence-electron chi connectivity index (χ3n) is 2.12. The largest absolute Gasteiger partial charge is 0.495 e. The van der Waals surface area contributed by atoms with Crippen molar-refractivity contribution in [2.24, 2.45) is 5.73 Å². The molecule has 0 radical (unpaired) electrons. The Kier molecular flexibility index (Phi) is 4.73. The summed E-state index contributed by atoms with van der Waals surface area (Å²) < 4.78 is 33.1. The Morgan fingerprint density at radius 1 is 1.41 bits per heavy atom. The molecule has 0 atom stereocenters. The van der Waals surface area contributed by atoms with Crippen molar-refractivity contribution >= 4 is 15.9 Å². The van der Waals surface area contributed by atoms with Crippen molar-refractivity contribution < 1.29 is 13.2 Å². The molecule has 6 nitrogen and oxygen atoms in total. The van der Waals surface area contributed by atoms with E-state index in [-0.39, 0.29) is 6.54 Å². The fourth-order valence-electron chi connectivity index (χ4n) is 1.39. The lowest BCUT2D eigenvalue weighted by Gasteiger charge is -2.15. The van der Waals surface area contributed by atoms with E-state index in [1.807, 2.05) is 0 Å². The maximum Gasteiger partial charge on any atom is 0.299 e. The summed E-state index contributed by atoms with van der Waals surface area (Å²) in [4.78, 5) is 0. The van der Waals surface area contributed by atoms with E-state index in [4.69, 9.17) is 10.5 Å². The fourth-order valence-corrected chi connectivity index (χ4v) is 2.35. The Morgan fingerprint density at radius 3 is 2.65 bits per heavy atom. The van der Waals surface area contributed by atoms with Gasteiger partial charge in [-0.05, 0) is 11.6 Å². The molecule has 0 aliphatic heterocycles. The second-order valence-electron chi connectivity index (χ2n) is 3.30. The highest BCUT2D eigenvalue weighted by molar-refractivity contribution is 7.90. The molecule has 1 aromatic carbocycles. The van der Waals surface area contributed by atoms with Gasteiger partial charge in [-0.3, -0.25) is 4.72 Å². The number of para-hydroxylation sites is 1. The van der Waals surface area contributed by atoms with E-state index in [2.05, 4.69) is 9.44 Å². The zero-order valence-electron chi connectivity index (χ0n) is 9.86. The van der Waals surface area contributed by atoms with Gasteiger partial charge in [0.15, 0.2) is 0 Å². The van der Waals surface area contributed by atoms with Crippen LogP contribution in [0.25, 0.3) is 0 Å². The summed E-state index contributed by atoms with van der Waals surface area (Å²) in [5.74, 6) is 0.439. The van der Waals surface area contributed by atoms with Crippen LogP contribution < -0.4 is 19.9 Å². The first-order valence-corrected chi connectivity index (χ1v) is 6.65. The molecule has 0 unspecified atom stereocenters. The number of nitrogens with one attached hydrogen (secondary N) is 2. The van der Waals surface area contributed by atoms with Gasteiger partial charge in [0.25, 0.3) is 10.2 Å². The average Bonchev–Trinajstić information content (AvgIpc) is 2.28. The SMILES string of the molecule is CCNS(=O)(=O)Nc1c(CN)cccc1OC. The van der Waals surface area contributed by atoms with Gasteiger partial charge in [-0.15, -0.1) is 0 Å². The van der Waals surface area contributed by atoms with E-state index in [9.17, 15) is 8.42 Å². The molecule has 0 heterocycles. The Hall–Kier alpha value is -1.31. The Balaban J connectivity index is 3.12. The summed E-state index contributed by atoms with van der Waals surface area (Å²) in [5.41, 5.74) is 6.60. The van der Waals surface area contributed by atoms with Gasteiger partial charge in [0.05, 0.1) is 12.8 Å². The van der Waals surface area contributed by atoms with Crippen molar-refractivity contribution in [1.29, 1.82) is 0 Å². The third kappa shape index (κ3) is 3.58. The highest BCUT2D eigenvalue weighted by Crippen LogP contribution is 2.28. The molecular weight excluding hydrogens is 242 g/mol. The molecule has 0 aliphatic carbocycles. The zero-order valence-corrected chi connectivity index (χ0v) is 10.7. The average molecular weight is 259 g/mol. The number of nitrogens with two attached hydrogens (primary N) is 1. The minimum Gasteiger partial charge on any atom is -0.495 e. The molecular formula is C10H17N3O3S. The van der Waals surface area contributed by atoms with Gasteiger partial charge >= 0.3 is 0 Å². The van der Waals surface area contributed by atoms with Crippen LogP contribution in [-0.4, -0.2) is 22.1 Å². The number of anilines is 1. The van der Waals surface area contributed by atoms with Gasteiger partial charge in [0.2, 0.25) is 0 Å². The summed E-state index contributed by atoms with van der Waals surface area (Å²) in [6.45, 7) is 2.23. The first kappa shape index (κ1) is 13.8. The predicted octanol–water partition coefficient (Wildman–Crippen LogP) is 0.420. The van der Waals surface area contributed by atoms with Gasteiger partial charge in [-0.1, -0.05) is 19.1 Å². The summed E-state index contributed by atoms with van der Waals surface area (Å²) >= 11 is 0. The molecule has 96 valence electrons. The van der Waals surface area contributed by atoms with Crippen molar-refractivity contribution in [1.82, 2.24) is 4.72 Å². The van der Waals surface area contributed by atoms with Crippen LogP contribution in [0.15, 0.2) is 18.2 Å². The van der Waals surface area contributed by atoms with Crippen LogP contribution >= 0.6 is 0 Å². The van der Waals surface area contributed by atoms with E-state index in [0.29, 0.717) is 23.5 Å². The number of methoxy groups -OCH3 is 1. The van der Waals surface area contributed by atoms with E-state index in [1.165, 1.54) is 7.11 Å². The van der Waals surface area contributed by atoms with Crippen LogP contribution in [0, 0.1) is 0 Å². The Morgan fingerprint density at radius 2 is 2.12 bits per heavy atom. The summed E-state index contributed by atoms with van der Waals surface area (Å²) in [6, 6.07) is 5.17. The third-order valence-corrected chi connectivity index (χ3v) is 3.26. The predicted molar refractivity (Wildman–Crippen MR) is 67.1 cm³/mol. The summed E-state index contributed by atoms with van der Waals surface area (Å²) in [5, 5.41) is 0. The Bertz CT molecular complexity index is 451. The monoisotopic (exact) mass is 259 g/mol. The molecule has 17 heavy (non-hydrogen) atoms. The minimum absolute atomic E-state index is 0.223. The minimum atomic E-state index is -3.59. The van der Waals surface area contributed by atoms with E-state index < -0.39 is 10.2 Å². The number of hydrogen-bond acceptors (Lipinski definition) is 4. The molecule has 4 N–H and O–H groups in total.